The Morgan fingerprint density at radius 2 is 1.87 bits per heavy atom. The van der Waals surface area contributed by atoms with Crippen LogP contribution in [-0.4, -0.2) is 38.3 Å². The number of benzene rings is 1. The molecule has 0 radical (unpaired) electrons. The van der Waals surface area contributed by atoms with Crippen LogP contribution in [0.15, 0.2) is 23.3 Å². The standard InChI is InChI=1S/C16H23N3O4/c1-5-8-17-15(20)9-11(2)18-19-16(21)12-6-7-13(22-3)14(10-12)23-4/h6-7,10H,5,8-9H2,1-4H3,(H,17,20)(H,19,21)/b18-11-. The molecule has 0 aromatic heterocycles. The van der Waals surface area contributed by atoms with Gasteiger partial charge in [-0.1, -0.05) is 6.92 Å². The minimum Gasteiger partial charge on any atom is -0.493 e. The van der Waals surface area contributed by atoms with E-state index in [4.69, 9.17) is 9.47 Å². The molecule has 0 fully saturated rings. The third kappa shape index (κ3) is 5.98. The maximum atomic E-state index is 12.1. The van der Waals surface area contributed by atoms with Crippen LogP contribution in [0.3, 0.4) is 0 Å². The van der Waals surface area contributed by atoms with Crippen molar-refractivity contribution in [2.75, 3.05) is 20.8 Å². The lowest BCUT2D eigenvalue weighted by atomic mass is 10.2. The van der Waals surface area contributed by atoms with E-state index in [2.05, 4.69) is 15.8 Å². The molecule has 2 amide bonds. The Kier molecular flexibility index (Phi) is 7.59. The number of ether oxygens (including phenoxy) is 2. The molecule has 0 atom stereocenters. The summed E-state index contributed by atoms with van der Waals surface area (Å²) in [5, 5.41) is 6.68. The maximum Gasteiger partial charge on any atom is 0.271 e. The highest BCUT2D eigenvalue weighted by Gasteiger charge is 2.10. The van der Waals surface area contributed by atoms with Crippen LogP contribution < -0.4 is 20.2 Å². The Morgan fingerprint density at radius 1 is 1.17 bits per heavy atom. The fourth-order valence-electron chi connectivity index (χ4n) is 1.79. The molecule has 0 bridgehead atoms. The average Bonchev–Trinajstić information content (AvgIpc) is 2.57. The Balaban J connectivity index is 2.65. The zero-order valence-electron chi connectivity index (χ0n) is 13.9. The Morgan fingerprint density at radius 3 is 2.48 bits per heavy atom. The third-order valence-corrected chi connectivity index (χ3v) is 2.98. The van der Waals surface area contributed by atoms with Gasteiger partial charge in [0, 0.05) is 17.8 Å². The van der Waals surface area contributed by atoms with Crippen LogP contribution in [0.5, 0.6) is 11.5 Å². The molecule has 126 valence electrons. The normalized spacial score (nSPS) is 10.9. The Labute approximate surface area is 136 Å². The van der Waals surface area contributed by atoms with Crippen molar-refractivity contribution in [3.8, 4) is 11.5 Å². The van der Waals surface area contributed by atoms with Crippen molar-refractivity contribution in [2.24, 2.45) is 5.10 Å². The fourth-order valence-corrected chi connectivity index (χ4v) is 1.79. The van der Waals surface area contributed by atoms with Crippen LogP contribution in [0, 0.1) is 0 Å². The zero-order chi connectivity index (χ0) is 17.2. The summed E-state index contributed by atoms with van der Waals surface area (Å²) in [6.45, 7) is 4.29. The summed E-state index contributed by atoms with van der Waals surface area (Å²) in [6, 6.07) is 4.81. The van der Waals surface area contributed by atoms with Crippen molar-refractivity contribution in [3.63, 3.8) is 0 Å². The monoisotopic (exact) mass is 321 g/mol. The number of hydrogen-bond acceptors (Lipinski definition) is 5. The second kappa shape index (κ2) is 9.45. The van der Waals surface area contributed by atoms with Crippen LogP contribution in [0.2, 0.25) is 0 Å². The number of amides is 2. The molecular weight excluding hydrogens is 298 g/mol. The van der Waals surface area contributed by atoms with E-state index in [9.17, 15) is 9.59 Å². The van der Waals surface area contributed by atoms with E-state index in [1.54, 1.807) is 25.1 Å². The Hall–Kier alpha value is -2.57. The molecule has 0 spiro atoms. The second-order valence-corrected chi connectivity index (χ2v) is 4.88. The van der Waals surface area contributed by atoms with Crippen molar-refractivity contribution in [3.05, 3.63) is 23.8 Å². The summed E-state index contributed by atoms with van der Waals surface area (Å²) >= 11 is 0. The fraction of sp³-hybridized carbons (Fsp3) is 0.438. The van der Waals surface area contributed by atoms with Crippen molar-refractivity contribution in [2.45, 2.75) is 26.7 Å². The van der Waals surface area contributed by atoms with Crippen LogP contribution in [0.1, 0.15) is 37.0 Å². The van der Waals surface area contributed by atoms with E-state index < -0.39 is 0 Å². The number of hydrazone groups is 1. The van der Waals surface area contributed by atoms with Gasteiger partial charge < -0.3 is 14.8 Å². The quantitative estimate of drug-likeness (QED) is 0.563. The van der Waals surface area contributed by atoms with Gasteiger partial charge in [-0.3, -0.25) is 9.59 Å². The molecule has 1 aromatic rings. The van der Waals surface area contributed by atoms with Gasteiger partial charge in [0.2, 0.25) is 5.91 Å². The van der Waals surface area contributed by atoms with Crippen molar-refractivity contribution >= 4 is 17.5 Å². The van der Waals surface area contributed by atoms with E-state index in [1.807, 2.05) is 6.92 Å². The van der Waals surface area contributed by atoms with Gasteiger partial charge in [0.05, 0.1) is 20.6 Å². The van der Waals surface area contributed by atoms with Gasteiger partial charge >= 0.3 is 0 Å². The number of carbonyl (C=O) groups is 2. The Bertz CT molecular complexity index is 585. The van der Waals surface area contributed by atoms with Crippen LogP contribution in [-0.2, 0) is 4.79 Å². The maximum absolute atomic E-state index is 12.1. The van der Waals surface area contributed by atoms with Crippen LogP contribution in [0.4, 0.5) is 0 Å². The predicted octanol–water partition coefficient (Wildman–Crippen LogP) is 1.73. The number of nitrogens with zero attached hydrogens (tertiary/aromatic N) is 1. The van der Waals surface area contributed by atoms with E-state index in [-0.39, 0.29) is 18.2 Å². The molecule has 0 aliphatic heterocycles. The van der Waals surface area contributed by atoms with Gasteiger partial charge in [-0.2, -0.15) is 5.10 Å². The molecule has 2 N–H and O–H groups in total. The first-order valence-electron chi connectivity index (χ1n) is 7.34. The number of carbonyl (C=O) groups excluding carboxylic acids is 2. The van der Waals surface area contributed by atoms with Gasteiger partial charge in [-0.05, 0) is 31.5 Å². The molecule has 23 heavy (non-hydrogen) atoms. The first-order chi connectivity index (χ1) is 11.0. The lowest BCUT2D eigenvalue weighted by Gasteiger charge is -2.09. The molecular formula is C16H23N3O4. The molecule has 0 unspecified atom stereocenters. The molecule has 7 nitrogen and oxygen atoms in total. The van der Waals surface area contributed by atoms with E-state index in [0.29, 0.717) is 29.3 Å². The average molecular weight is 321 g/mol. The molecule has 0 aliphatic carbocycles. The van der Waals surface area contributed by atoms with Crippen LogP contribution in [0.25, 0.3) is 0 Å². The minimum absolute atomic E-state index is 0.117. The third-order valence-electron chi connectivity index (χ3n) is 2.98. The van der Waals surface area contributed by atoms with Gasteiger partial charge in [0.25, 0.3) is 5.91 Å². The zero-order valence-corrected chi connectivity index (χ0v) is 13.9. The SMILES string of the molecule is CCCNC(=O)C/C(C)=N\NC(=O)c1ccc(OC)c(OC)c1. The summed E-state index contributed by atoms with van der Waals surface area (Å²) in [5.41, 5.74) is 3.33. The van der Waals surface area contributed by atoms with Crippen molar-refractivity contribution in [1.82, 2.24) is 10.7 Å². The smallest absolute Gasteiger partial charge is 0.271 e. The number of nitrogens with one attached hydrogen (secondary N) is 2. The summed E-state index contributed by atoms with van der Waals surface area (Å²) in [7, 11) is 3.02. The lowest BCUT2D eigenvalue weighted by molar-refractivity contribution is -0.119. The largest absolute Gasteiger partial charge is 0.493 e. The molecule has 0 aliphatic rings. The topological polar surface area (TPSA) is 89.0 Å². The van der Waals surface area contributed by atoms with Gasteiger partial charge in [0.1, 0.15) is 0 Å². The van der Waals surface area contributed by atoms with Crippen molar-refractivity contribution in [1.29, 1.82) is 0 Å². The van der Waals surface area contributed by atoms with E-state index >= 15 is 0 Å². The van der Waals surface area contributed by atoms with Gasteiger partial charge in [-0.25, -0.2) is 5.43 Å². The predicted molar refractivity (Wildman–Crippen MR) is 88.0 cm³/mol. The lowest BCUT2D eigenvalue weighted by Crippen LogP contribution is -2.27. The van der Waals surface area contributed by atoms with Gasteiger partial charge in [-0.15, -0.1) is 0 Å². The summed E-state index contributed by atoms with van der Waals surface area (Å²) < 4.78 is 10.3. The summed E-state index contributed by atoms with van der Waals surface area (Å²) in [6.07, 6.45) is 1.02. The molecule has 7 heteroatoms. The second-order valence-electron chi connectivity index (χ2n) is 4.88. The minimum atomic E-state index is -0.390. The molecule has 1 rings (SSSR count). The number of methoxy groups -OCH3 is 2. The van der Waals surface area contributed by atoms with Crippen LogP contribution >= 0.6 is 0 Å². The molecule has 0 saturated carbocycles. The first kappa shape index (κ1) is 18.5. The molecule has 1 aromatic carbocycles. The highest BCUT2D eigenvalue weighted by molar-refractivity contribution is 6.01. The number of rotatable bonds is 8. The highest BCUT2D eigenvalue weighted by atomic mass is 16.5. The van der Waals surface area contributed by atoms with E-state index in [1.165, 1.54) is 14.2 Å². The molecule has 0 saturated heterocycles. The van der Waals surface area contributed by atoms with Gasteiger partial charge in [0.15, 0.2) is 11.5 Å². The highest BCUT2D eigenvalue weighted by Crippen LogP contribution is 2.27. The summed E-state index contributed by atoms with van der Waals surface area (Å²) in [4.78, 5) is 23.6. The van der Waals surface area contributed by atoms with E-state index in [0.717, 1.165) is 6.42 Å². The van der Waals surface area contributed by atoms with Crippen molar-refractivity contribution < 1.29 is 19.1 Å². The molecule has 0 heterocycles. The summed E-state index contributed by atoms with van der Waals surface area (Å²) in [5.74, 6) is 0.490. The number of hydrogen-bond donors (Lipinski definition) is 2. The first-order valence-corrected chi connectivity index (χ1v) is 7.34.